The van der Waals surface area contributed by atoms with E-state index >= 15 is 0 Å². The summed E-state index contributed by atoms with van der Waals surface area (Å²) in [7, 11) is 0. The lowest BCUT2D eigenvalue weighted by molar-refractivity contribution is -0.146. The normalized spacial score (nSPS) is 14.8. The Labute approximate surface area is 190 Å². The van der Waals surface area contributed by atoms with E-state index in [0.29, 0.717) is 22.0 Å². The summed E-state index contributed by atoms with van der Waals surface area (Å²) in [5, 5.41) is 5.54. The number of nitrogens with one attached hydrogen (secondary N) is 2. The molecule has 170 valence electrons. The Bertz CT molecular complexity index is 1000. The topological polar surface area (TPSA) is 111 Å². The molecule has 0 aliphatic heterocycles. The minimum atomic E-state index is -0.741. The molecular formula is C23H26N2O6S. The lowest BCUT2D eigenvalue weighted by atomic mass is 9.88. The highest BCUT2D eigenvalue weighted by atomic mass is 32.1. The van der Waals surface area contributed by atoms with Crippen LogP contribution in [-0.2, 0) is 31.9 Å². The minimum Gasteiger partial charge on any atom is -0.462 e. The summed E-state index contributed by atoms with van der Waals surface area (Å²) in [6.45, 7) is 3.23. The molecule has 0 saturated carbocycles. The second kappa shape index (κ2) is 10.9. The average Bonchev–Trinajstić information content (AvgIpc) is 3.13. The molecule has 2 N–H and O–H groups in total. The summed E-state index contributed by atoms with van der Waals surface area (Å²) >= 11 is 1.36. The maximum atomic E-state index is 12.5. The Kier molecular flexibility index (Phi) is 7.99. The van der Waals surface area contributed by atoms with E-state index in [1.54, 1.807) is 37.3 Å². The molecule has 1 aliphatic rings. The summed E-state index contributed by atoms with van der Waals surface area (Å²) in [4.78, 5) is 49.8. The molecule has 1 aromatic carbocycles. The number of amides is 2. The molecule has 1 heterocycles. The van der Waals surface area contributed by atoms with Crippen LogP contribution in [-0.4, -0.2) is 43.5 Å². The summed E-state index contributed by atoms with van der Waals surface area (Å²) in [6, 6.07) is 8.45. The predicted molar refractivity (Wildman–Crippen MR) is 120 cm³/mol. The van der Waals surface area contributed by atoms with Crippen LogP contribution in [0.25, 0.3) is 0 Å². The standard InChI is InChI=1S/C23H26N2O6S/c1-3-30-23(29)20-16-10-9-14(2)11-17(16)32-22(20)25-18(26)13-31-19(27)12-24-21(28)15-7-5-4-6-8-15/h4-8,14H,3,9-13H2,1-2H3,(H,24,28)(H,25,26)/t14-/m1/s1. The van der Waals surface area contributed by atoms with Crippen LogP contribution in [0, 0.1) is 5.92 Å². The van der Waals surface area contributed by atoms with Crippen LogP contribution in [0.5, 0.6) is 0 Å². The van der Waals surface area contributed by atoms with Gasteiger partial charge in [-0.1, -0.05) is 25.1 Å². The molecule has 9 heteroatoms. The van der Waals surface area contributed by atoms with Crippen molar-refractivity contribution >= 4 is 40.1 Å². The molecule has 0 unspecified atom stereocenters. The van der Waals surface area contributed by atoms with Crippen LogP contribution >= 0.6 is 11.3 Å². The third kappa shape index (κ3) is 5.94. The van der Waals surface area contributed by atoms with E-state index in [1.807, 2.05) is 0 Å². The molecule has 8 nitrogen and oxygen atoms in total. The van der Waals surface area contributed by atoms with Crippen molar-refractivity contribution in [2.45, 2.75) is 33.1 Å². The second-order valence-electron chi connectivity index (χ2n) is 7.53. The number of thiophene rings is 1. The fourth-order valence-corrected chi connectivity index (χ4v) is 4.88. The SMILES string of the molecule is CCOC(=O)c1c(NC(=O)COC(=O)CNC(=O)c2ccccc2)sc2c1CC[C@@H](C)C2. The lowest BCUT2D eigenvalue weighted by Gasteiger charge is -2.18. The molecule has 0 spiro atoms. The van der Waals surface area contributed by atoms with Crippen molar-refractivity contribution in [3.63, 3.8) is 0 Å². The first-order chi connectivity index (χ1) is 15.4. The van der Waals surface area contributed by atoms with Crippen LogP contribution in [0.3, 0.4) is 0 Å². The fourth-order valence-electron chi connectivity index (χ4n) is 3.46. The predicted octanol–water partition coefficient (Wildman–Crippen LogP) is 2.96. The van der Waals surface area contributed by atoms with Gasteiger partial charge in [-0.15, -0.1) is 11.3 Å². The zero-order valence-electron chi connectivity index (χ0n) is 18.1. The Morgan fingerprint density at radius 2 is 1.88 bits per heavy atom. The monoisotopic (exact) mass is 458 g/mol. The number of fused-ring (bicyclic) bond motifs is 1. The number of anilines is 1. The second-order valence-corrected chi connectivity index (χ2v) is 8.64. The zero-order valence-corrected chi connectivity index (χ0v) is 18.9. The highest BCUT2D eigenvalue weighted by Gasteiger charge is 2.29. The van der Waals surface area contributed by atoms with E-state index in [1.165, 1.54) is 11.3 Å². The number of ether oxygens (including phenoxy) is 2. The van der Waals surface area contributed by atoms with Gasteiger partial charge in [0.1, 0.15) is 11.5 Å². The summed E-state index contributed by atoms with van der Waals surface area (Å²) in [5.74, 6) is -1.67. The van der Waals surface area contributed by atoms with Gasteiger partial charge in [0.15, 0.2) is 6.61 Å². The van der Waals surface area contributed by atoms with Gasteiger partial charge in [0.05, 0.1) is 12.2 Å². The molecule has 2 aromatic rings. The Balaban J connectivity index is 1.56. The maximum Gasteiger partial charge on any atom is 0.341 e. The summed E-state index contributed by atoms with van der Waals surface area (Å²) < 4.78 is 10.1. The lowest BCUT2D eigenvalue weighted by Crippen LogP contribution is -2.32. The third-order valence-electron chi connectivity index (χ3n) is 5.04. The molecule has 0 fully saturated rings. The molecule has 1 aromatic heterocycles. The van der Waals surface area contributed by atoms with Crippen molar-refractivity contribution in [1.82, 2.24) is 5.32 Å². The largest absolute Gasteiger partial charge is 0.462 e. The molecule has 2 amide bonds. The minimum absolute atomic E-state index is 0.236. The number of carbonyl (C=O) groups is 4. The highest BCUT2D eigenvalue weighted by Crippen LogP contribution is 2.40. The van der Waals surface area contributed by atoms with Gasteiger partial charge in [-0.05, 0) is 49.8 Å². The van der Waals surface area contributed by atoms with Crippen LogP contribution in [0.4, 0.5) is 5.00 Å². The van der Waals surface area contributed by atoms with Crippen LogP contribution in [0.15, 0.2) is 30.3 Å². The molecule has 1 aliphatic carbocycles. The van der Waals surface area contributed by atoms with Crippen LogP contribution in [0.2, 0.25) is 0 Å². The number of hydrogen-bond acceptors (Lipinski definition) is 7. The molecule has 32 heavy (non-hydrogen) atoms. The van der Waals surface area contributed by atoms with Crippen molar-refractivity contribution < 1.29 is 28.7 Å². The van der Waals surface area contributed by atoms with Crippen molar-refractivity contribution in [2.24, 2.45) is 5.92 Å². The summed E-state index contributed by atoms with van der Waals surface area (Å²) in [6.07, 6.45) is 2.57. The number of benzene rings is 1. The van der Waals surface area contributed by atoms with Crippen molar-refractivity contribution in [3.8, 4) is 0 Å². The summed E-state index contributed by atoms with van der Waals surface area (Å²) in [5.41, 5.74) is 1.75. The Hall–Kier alpha value is -3.20. The van der Waals surface area contributed by atoms with Gasteiger partial charge in [-0.25, -0.2) is 4.79 Å². The molecule has 0 radical (unpaired) electrons. The maximum absolute atomic E-state index is 12.5. The first kappa shape index (κ1) is 23.5. The molecule has 3 rings (SSSR count). The number of carbonyl (C=O) groups excluding carboxylic acids is 4. The van der Waals surface area contributed by atoms with Gasteiger partial charge in [-0.2, -0.15) is 0 Å². The Morgan fingerprint density at radius 3 is 2.59 bits per heavy atom. The fraction of sp³-hybridized carbons (Fsp3) is 0.391. The number of hydrogen-bond donors (Lipinski definition) is 2. The van der Waals surface area contributed by atoms with Gasteiger partial charge in [0.25, 0.3) is 11.8 Å². The van der Waals surface area contributed by atoms with E-state index in [4.69, 9.17) is 9.47 Å². The quantitative estimate of drug-likeness (QED) is 0.589. The molecule has 0 saturated heterocycles. The van der Waals surface area contributed by atoms with E-state index < -0.39 is 30.4 Å². The third-order valence-corrected chi connectivity index (χ3v) is 6.21. The average molecular weight is 459 g/mol. The molecule has 1 atom stereocenters. The van der Waals surface area contributed by atoms with Gasteiger partial charge in [0.2, 0.25) is 0 Å². The van der Waals surface area contributed by atoms with Gasteiger partial charge in [0, 0.05) is 10.4 Å². The van der Waals surface area contributed by atoms with E-state index in [0.717, 1.165) is 29.7 Å². The van der Waals surface area contributed by atoms with E-state index in [9.17, 15) is 19.2 Å². The van der Waals surface area contributed by atoms with Crippen molar-refractivity contribution in [3.05, 3.63) is 51.9 Å². The highest BCUT2D eigenvalue weighted by molar-refractivity contribution is 7.17. The molecular weight excluding hydrogens is 432 g/mol. The van der Waals surface area contributed by atoms with E-state index in [-0.39, 0.29) is 13.2 Å². The molecule has 0 bridgehead atoms. The van der Waals surface area contributed by atoms with Gasteiger partial charge in [-0.3, -0.25) is 14.4 Å². The van der Waals surface area contributed by atoms with Gasteiger partial charge >= 0.3 is 11.9 Å². The zero-order chi connectivity index (χ0) is 23.1. The van der Waals surface area contributed by atoms with Crippen molar-refractivity contribution in [1.29, 1.82) is 0 Å². The van der Waals surface area contributed by atoms with Gasteiger partial charge < -0.3 is 20.1 Å². The first-order valence-corrected chi connectivity index (χ1v) is 11.3. The Morgan fingerprint density at radius 1 is 1.12 bits per heavy atom. The smallest absolute Gasteiger partial charge is 0.341 e. The first-order valence-electron chi connectivity index (χ1n) is 10.5. The van der Waals surface area contributed by atoms with Crippen LogP contribution in [0.1, 0.15) is 51.4 Å². The van der Waals surface area contributed by atoms with Crippen molar-refractivity contribution in [2.75, 3.05) is 25.1 Å². The van der Waals surface area contributed by atoms with E-state index in [2.05, 4.69) is 17.6 Å². The number of esters is 2. The number of rotatable bonds is 8. The van der Waals surface area contributed by atoms with Crippen LogP contribution < -0.4 is 10.6 Å².